The number of nitrogens with zero attached hydrogens (tertiary/aromatic N) is 1. The first-order chi connectivity index (χ1) is 8.08. The molecule has 1 N–H and O–H groups in total. The van der Waals surface area contributed by atoms with E-state index in [2.05, 4.69) is 0 Å². The van der Waals surface area contributed by atoms with Crippen LogP contribution in [0.15, 0.2) is 18.2 Å². The molecule has 1 aromatic rings. The summed E-state index contributed by atoms with van der Waals surface area (Å²) in [5, 5.41) is 9.39. The first kappa shape index (κ1) is 15.2. The van der Waals surface area contributed by atoms with E-state index in [1.54, 1.807) is 6.07 Å². The average molecular weight is 294 g/mol. The maximum Gasteiger partial charge on any atom is 0.320 e. The Bertz CT molecular complexity index is 442. The van der Waals surface area contributed by atoms with Crippen LogP contribution in [-0.4, -0.2) is 28.6 Å². The molecule has 0 spiro atoms. The minimum absolute atomic E-state index is 0. The fourth-order valence-corrected chi connectivity index (χ4v) is 2.39. The van der Waals surface area contributed by atoms with Crippen LogP contribution in [0.3, 0.4) is 0 Å². The van der Waals surface area contributed by atoms with E-state index in [4.69, 9.17) is 16.7 Å². The second kappa shape index (κ2) is 6.36. The van der Waals surface area contributed by atoms with Gasteiger partial charge < -0.3 is 5.11 Å². The van der Waals surface area contributed by atoms with Crippen molar-refractivity contribution in [1.82, 2.24) is 4.90 Å². The summed E-state index contributed by atoms with van der Waals surface area (Å²) < 4.78 is 12.9. The van der Waals surface area contributed by atoms with Crippen LogP contribution in [0.25, 0.3) is 0 Å². The second-order valence-corrected chi connectivity index (χ2v) is 4.61. The summed E-state index contributed by atoms with van der Waals surface area (Å²) in [6.45, 7) is 1.20. The van der Waals surface area contributed by atoms with E-state index < -0.39 is 12.0 Å². The van der Waals surface area contributed by atoms with Crippen LogP contribution in [0.4, 0.5) is 4.39 Å². The van der Waals surface area contributed by atoms with Crippen molar-refractivity contribution < 1.29 is 14.3 Å². The average Bonchev–Trinajstić information content (AvgIpc) is 2.70. The van der Waals surface area contributed by atoms with Crippen molar-refractivity contribution in [1.29, 1.82) is 0 Å². The van der Waals surface area contributed by atoms with Crippen LogP contribution in [0.1, 0.15) is 18.4 Å². The number of halogens is 3. The Morgan fingerprint density at radius 1 is 1.56 bits per heavy atom. The number of hydrogen-bond acceptors (Lipinski definition) is 2. The molecule has 1 heterocycles. The molecule has 0 aliphatic carbocycles. The molecule has 0 aromatic heterocycles. The van der Waals surface area contributed by atoms with Crippen molar-refractivity contribution in [2.45, 2.75) is 25.4 Å². The molecular weight excluding hydrogens is 280 g/mol. The fourth-order valence-electron chi connectivity index (χ4n) is 2.16. The minimum Gasteiger partial charge on any atom is -0.480 e. The van der Waals surface area contributed by atoms with Crippen molar-refractivity contribution in [3.63, 3.8) is 0 Å². The van der Waals surface area contributed by atoms with Crippen molar-refractivity contribution in [3.8, 4) is 0 Å². The zero-order valence-electron chi connectivity index (χ0n) is 9.60. The van der Waals surface area contributed by atoms with Gasteiger partial charge in [0.25, 0.3) is 0 Å². The third-order valence-electron chi connectivity index (χ3n) is 3.04. The zero-order chi connectivity index (χ0) is 12.4. The number of likely N-dealkylation sites (tertiary alicyclic amines) is 1. The Morgan fingerprint density at radius 2 is 2.28 bits per heavy atom. The molecule has 1 atom stereocenters. The summed E-state index contributed by atoms with van der Waals surface area (Å²) in [7, 11) is 0. The highest BCUT2D eigenvalue weighted by molar-refractivity contribution is 6.31. The zero-order valence-corrected chi connectivity index (χ0v) is 11.2. The van der Waals surface area contributed by atoms with E-state index in [0.717, 1.165) is 18.5 Å². The van der Waals surface area contributed by atoms with E-state index in [9.17, 15) is 9.18 Å². The summed E-state index contributed by atoms with van der Waals surface area (Å²) in [6, 6.07) is 3.75. The van der Waals surface area contributed by atoms with Crippen molar-refractivity contribution in [2.75, 3.05) is 6.54 Å². The minimum atomic E-state index is -0.805. The van der Waals surface area contributed by atoms with Crippen molar-refractivity contribution in [2.24, 2.45) is 0 Å². The Morgan fingerprint density at radius 3 is 2.89 bits per heavy atom. The van der Waals surface area contributed by atoms with Crippen LogP contribution in [0.2, 0.25) is 5.02 Å². The van der Waals surface area contributed by atoms with Gasteiger partial charge in [-0.15, -0.1) is 12.4 Å². The first-order valence-electron chi connectivity index (χ1n) is 5.48. The van der Waals surface area contributed by atoms with Crippen molar-refractivity contribution >= 4 is 30.0 Å². The Kier molecular flexibility index (Phi) is 5.38. The summed E-state index contributed by atoms with van der Waals surface area (Å²) in [5.74, 6) is -1.18. The van der Waals surface area contributed by atoms with E-state index in [1.807, 2.05) is 4.90 Å². The molecule has 1 unspecified atom stereocenters. The monoisotopic (exact) mass is 293 g/mol. The lowest BCUT2D eigenvalue weighted by atomic mass is 10.2. The Balaban J connectivity index is 0.00000162. The van der Waals surface area contributed by atoms with E-state index in [0.29, 0.717) is 18.0 Å². The molecule has 1 aliphatic rings. The highest BCUT2D eigenvalue weighted by Crippen LogP contribution is 2.24. The molecule has 0 amide bonds. The lowest BCUT2D eigenvalue weighted by Crippen LogP contribution is -2.35. The lowest BCUT2D eigenvalue weighted by Gasteiger charge is -2.21. The predicted octanol–water partition coefficient (Wildman–Crippen LogP) is 2.95. The van der Waals surface area contributed by atoms with E-state index in [-0.39, 0.29) is 18.2 Å². The maximum atomic E-state index is 12.9. The van der Waals surface area contributed by atoms with Gasteiger partial charge in [0.2, 0.25) is 0 Å². The fraction of sp³-hybridized carbons (Fsp3) is 0.417. The summed E-state index contributed by atoms with van der Waals surface area (Å²) >= 11 is 5.92. The van der Waals surface area contributed by atoms with Gasteiger partial charge in [-0.25, -0.2) is 4.39 Å². The number of hydrogen-bond donors (Lipinski definition) is 1. The summed E-state index contributed by atoms with van der Waals surface area (Å²) in [5.41, 5.74) is 0.765. The van der Waals surface area contributed by atoms with Gasteiger partial charge in [-0.3, -0.25) is 9.69 Å². The number of rotatable bonds is 3. The molecule has 2 rings (SSSR count). The topological polar surface area (TPSA) is 40.5 Å². The van der Waals surface area contributed by atoms with Gasteiger partial charge in [0.1, 0.15) is 11.9 Å². The standard InChI is InChI=1S/C12H13ClFNO2.ClH/c13-10-6-9(14)4-3-8(10)7-15-5-1-2-11(15)12(16)17;/h3-4,6,11H,1-2,5,7H2,(H,16,17);1H. The van der Waals surface area contributed by atoms with E-state index >= 15 is 0 Å². The van der Waals surface area contributed by atoms with Crippen LogP contribution in [-0.2, 0) is 11.3 Å². The van der Waals surface area contributed by atoms with Crippen LogP contribution < -0.4 is 0 Å². The Hall–Kier alpha value is -0.840. The molecule has 1 aromatic carbocycles. The first-order valence-corrected chi connectivity index (χ1v) is 5.86. The highest BCUT2D eigenvalue weighted by Gasteiger charge is 2.30. The van der Waals surface area contributed by atoms with Gasteiger partial charge in [0.05, 0.1) is 0 Å². The number of aliphatic carboxylic acids is 1. The normalized spacial score (nSPS) is 19.6. The van der Waals surface area contributed by atoms with Gasteiger partial charge in [-0.05, 0) is 37.1 Å². The predicted molar refractivity (Wildman–Crippen MR) is 69.7 cm³/mol. The molecule has 18 heavy (non-hydrogen) atoms. The smallest absolute Gasteiger partial charge is 0.320 e. The molecule has 3 nitrogen and oxygen atoms in total. The second-order valence-electron chi connectivity index (χ2n) is 4.20. The molecule has 0 bridgehead atoms. The van der Waals surface area contributed by atoms with E-state index in [1.165, 1.54) is 12.1 Å². The lowest BCUT2D eigenvalue weighted by molar-refractivity contribution is -0.142. The molecule has 1 aliphatic heterocycles. The van der Waals surface area contributed by atoms with Gasteiger partial charge in [0, 0.05) is 11.6 Å². The third kappa shape index (κ3) is 3.34. The third-order valence-corrected chi connectivity index (χ3v) is 3.39. The molecule has 100 valence electrons. The van der Waals surface area contributed by atoms with Crippen LogP contribution in [0, 0.1) is 5.82 Å². The Labute approximate surface area is 116 Å². The van der Waals surface area contributed by atoms with Gasteiger partial charge >= 0.3 is 5.97 Å². The number of benzene rings is 1. The van der Waals surface area contributed by atoms with Gasteiger partial charge in [-0.1, -0.05) is 17.7 Å². The number of carboxylic acid groups (broad SMARTS) is 1. The summed E-state index contributed by atoms with van der Waals surface area (Å²) in [6.07, 6.45) is 1.53. The number of carbonyl (C=O) groups is 1. The van der Waals surface area contributed by atoms with Gasteiger partial charge in [0.15, 0.2) is 0 Å². The van der Waals surface area contributed by atoms with Crippen LogP contribution >= 0.6 is 24.0 Å². The molecule has 6 heteroatoms. The SMILES string of the molecule is Cl.O=C(O)C1CCCN1Cc1ccc(F)cc1Cl. The molecule has 1 saturated heterocycles. The molecule has 0 radical (unpaired) electrons. The highest BCUT2D eigenvalue weighted by atomic mass is 35.5. The molecule has 0 saturated carbocycles. The van der Waals surface area contributed by atoms with Gasteiger partial charge in [-0.2, -0.15) is 0 Å². The van der Waals surface area contributed by atoms with Crippen LogP contribution in [0.5, 0.6) is 0 Å². The maximum absolute atomic E-state index is 12.9. The molecule has 1 fully saturated rings. The quantitative estimate of drug-likeness (QED) is 0.931. The summed E-state index contributed by atoms with van der Waals surface area (Å²) in [4.78, 5) is 12.9. The largest absolute Gasteiger partial charge is 0.480 e. The van der Waals surface area contributed by atoms with Crippen molar-refractivity contribution in [3.05, 3.63) is 34.6 Å². The molecular formula is C12H14Cl2FNO2. The number of carboxylic acids is 1.